The van der Waals surface area contributed by atoms with E-state index < -0.39 is 0 Å². The number of hydrogen-bond donors (Lipinski definition) is 0. The topological polar surface area (TPSA) is 0 Å². The second-order valence-corrected chi connectivity index (χ2v) is 5.87. The van der Waals surface area contributed by atoms with Gasteiger partial charge < -0.3 is 0 Å². The van der Waals surface area contributed by atoms with Crippen LogP contribution in [0.5, 0.6) is 0 Å². The number of hydrogen-bond acceptors (Lipinski definition) is 0. The molecule has 0 aromatic heterocycles. The number of aryl methyl sites for hydroxylation is 2. The van der Waals surface area contributed by atoms with Crippen molar-refractivity contribution >= 4 is 0 Å². The molecule has 0 saturated heterocycles. The zero-order chi connectivity index (χ0) is 15.6. The van der Waals surface area contributed by atoms with Crippen molar-refractivity contribution in [3.63, 3.8) is 0 Å². The van der Waals surface area contributed by atoms with Gasteiger partial charge in [0.1, 0.15) is 11.6 Å². The van der Waals surface area contributed by atoms with Crippen LogP contribution in [0, 0.1) is 11.6 Å². The van der Waals surface area contributed by atoms with Gasteiger partial charge in [-0.1, -0.05) is 49.9 Å². The number of benzene rings is 2. The van der Waals surface area contributed by atoms with E-state index in [1.165, 1.54) is 73.9 Å². The highest BCUT2D eigenvalue weighted by molar-refractivity contribution is 5.16. The van der Waals surface area contributed by atoms with E-state index in [0.717, 1.165) is 12.8 Å². The standard InChI is InChI=1S/C20H24F2/c21-19-13-9-17(10-14-19)7-5-3-1-2-4-6-8-18-11-15-20(22)16-12-18/h9-16H,1-8H2. The fourth-order valence-electron chi connectivity index (χ4n) is 2.67. The maximum atomic E-state index is 12.8. The molecular formula is C20H24F2. The van der Waals surface area contributed by atoms with Crippen LogP contribution in [-0.2, 0) is 12.8 Å². The van der Waals surface area contributed by atoms with E-state index >= 15 is 0 Å². The van der Waals surface area contributed by atoms with Crippen molar-refractivity contribution in [1.82, 2.24) is 0 Å². The van der Waals surface area contributed by atoms with Crippen molar-refractivity contribution in [2.24, 2.45) is 0 Å². The van der Waals surface area contributed by atoms with E-state index in [1.54, 1.807) is 0 Å². The third-order valence-corrected chi connectivity index (χ3v) is 4.01. The number of halogens is 2. The lowest BCUT2D eigenvalue weighted by atomic mass is 10.0. The summed E-state index contributed by atoms with van der Waals surface area (Å²) in [5.74, 6) is -0.324. The molecule has 0 bridgehead atoms. The summed E-state index contributed by atoms with van der Waals surface area (Å²) >= 11 is 0. The molecule has 0 heterocycles. The van der Waals surface area contributed by atoms with Crippen LogP contribution < -0.4 is 0 Å². The molecule has 0 aliphatic rings. The van der Waals surface area contributed by atoms with Crippen LogP contribution in [0.3, 0.4) is 0 Å². The minimum atomic E-state index is -0.162. The highest BCUT2D eigenvalue weighted by Gasteiger charge is 1.97. The van der Waals surface area contributed by atoms with Crippen molar-refractivity contribution in [1.29, 1.82) is 0 Å². The first-order chi connectivity index (χ1) is 10.7. The molecule has 2 rings (SSSR count). The van der Waals surface area contributed by atoms with Crippen LogP contribution in [0.15, 0.2) is 48.5 Å². The number of unbranched alkanes of at least 4 members (excludes halogenated alkanes) is 5. The zero-order valence-corrected chi connectivity index (χ0v) is 13.0. The summed E-state index contributed by atoms with van der Waals surface area (Å²) in [6.07, 6.45) is 9.38. The first kappa shape index (κ1) is 16.7. The predicted molar refractivity (Wildman–Crippen MR) is 87.9 cm³/mol. The lowest BCUT2D eigenvalue weighted by molar-refractivity contribution is 0.592. The Labute approximate surface area is 132 Å². The van der Waals surface area contributed by atoms with E-state index in [9.17, 15) is 8.78 Å². The van der Waals surface area contributed by atoms with E-state index in [1.807, 2.05) is 24.3 Å². The molecule has 0 spiro atoms. The summed E-state index contributed by atoms with van der Waals surface area (Å²) in [6.45, 7) is 0. The molecule has 2 aromatic rings. The van der Waals surface area contributed by atoms with Gasteiger partial charge in [0.25, 0.3) is 0 Å². The van der Waals surface area contributed by atoms with Crippen molar-refractivity contribution in [3.05, 3.63) is 71.3 Å². The molecule has 0 aliphatic heterocycles. The van der Waals surface area contributed by atoms with E-state index in [4.69, 9.17) is 0 Å². The van der Waals surface area contributed by atoms with E-state index in [2.05, 4.69) is 0 Å². The van der Waals surface area contributed by atoms with Gasteiger partial charge in [-0.15, -0.1) is 0 Å². The molecule has 118 valence electrons. The van der Waals surface area contributed by atoms with Gasteiger partial charge in [-0.25, -0.2) is 8.78 Å². The molecule has 22 heavy (non-hydrogen) atoms. The predicted octanol–water partition coefficient (Wildman–Crippen LogP) is 6.09. The summed E-state index contributed by atoms with van der Waals surface area (Å²) in [7, 11) is 0. The molecule has 0 radical (unpaired) electrons. The largest absolute Gasteiger partial charge is 0.207 e. The summed E-state index contributed by atoms with van der Waals surface area (Å²) in [6, 6.07) is 13.6. The minimum absolute atomic E-state index is 0.162. The molecule has 0 N–H and O–H groups in total. The third-order valence-electron chi connectivity index (χ3n) is 4.01. The number of rotatable bonds is 9. The summed E-state index contributed by atoms with van der Waals surface area (Å²) in [5, 5.41) is 0. The summed E-state index contributed by atoms with van der Waals surface area (Å²) in [5.41, 5.74) is 2.44. The van der Waals surface area contributed by atoms with Crippen molar-refractivity contribution < 1.29 is 8.78 Å². The quantitative estimate of drug-likeness (QED) is 0.492. The van der Waals surface area contributed by atoms with E-state index in [-0.39, 0.29) is 11.6 Å². The Morgan fingerprint density at radius 2 is 0.773 bits per heavy atom. The van der Waals surface area contributed by atoms with Crippen LogP contribution in [0.1, 0.15) is 49.7 Å². The fourth-order valence-corrected chi connectivity index (χ4v) is 2.67. The molecule has 0 saturated carbocycles. The highest BCUT2D eigenvalue weighted by Crippen LogP contribution is 2.12. The molecule has 2 heteroatoms. The monoisotopic (exact) mass is 302 g/mol. The van der Waals surface area contributed by atoms with Gasteiger partial charge >= 0.3 is 0 Å². The van der Waals surface area contributed by atoms with Crippen molar-refractivity contribution in [3.8, 4) is 0 Å². The first-order valence-corrected chi connectivity index (χ1v) is 8.23. The Hall–Kier alpha value is -1.70. The minimum Gasteiger partial charge on any atom is -0.207 e. The second kappa shape index (κ2) is 9.34. The molecule has 0 nitrogen and oxygen atoms in total. The van der Waals surface area contributed by atoms with E-state index in [0.29, 0.717) is 0 Å². The normalized spacial score (nSPS) is 10.8. The molecule has 0 amide bonds. The lowest BCUT2D eigenvalue weighted by Crippen LogP contribution is -1.88. The Balaban J connectivity index is 1.47. The Bertz CT molecular complexity index is 477. The third kappa shape index (κ3) is 6.38. The van der Waals surface area contributed by atoms with Crippen molar-refractivity contribution in [2.75, 3.05) is 0 Å². The van der Waals surface area contributed by atoms with Gasteiger partial charge in [0.15, 0.2) is 0 Å². The molecule has 0 atom stereocenters. The van der Waals surface area contributed by atoms with Gasteiger partial charge in [0, 0.05) is 0 Å². The van der Waals surface area contributed by atoms with Gasteiger partial charge in [0.05, 0.1) is 0 Å². The van der Waals surface area contributed by atoms with Gasteiger partial charge in [-0.3, -0.25) is 0 Å². The zero-order valence-electron chi connectivity index (χ0n) is 13.0. The van der Waals surface area contributed by atoms with Gasteiger partial charge in [-0.2, -0.15) is 0 Å². The second-order valence-electron chi connectivity index (χ2n) is 5.87. The molecule has 2 aromatic carbocycles. The molecular weight excluding hydrogens is 278 g/mol. The van der Waals surface area contributed by atoms with Crippen molar-refractivity contribution in [2.45, 2.75) is 51.4 Å². The lowest BCUT2D eigenvalue weighted by Gasteiger charge is -2.03. The van der Waals surface area contributed by atoms with Crippen LogP contribution >= 0.6 is 0 Å². The maximum absolute atomic E-state index is 12.8. The summed E-state index contributed by atoms with van der Waals surface area (Å²) < 4.78 is 25.5. The molecule has 0 fully saturated rings. The highest BCUT2D eigenvalue weighted by atomic mass is 19.1. The van der Waals surface area contributed by atoms with Gasteiger partial charge in [0.2, 0.25) is 0 Å². The Kier molecular flexibility index (Phi) is 7.08. The van der Waals surface area contributed by atoms with Crippen LogP contribution in [0.25, 0.3) is 0 Å². The van der Waals surface area contributed by atoms with Crippen LogP contribution in [-0.4, -0.2) is 0 Å². The smallest absolute Gasteiger partial charge is 0.123 e. The molecule has 0 unspecified atom stereocenters. The van der Waals surface area contributed by atoms with Crippen LogP contribution in [0.4, 0.5) is 8.78 Å². The maximum Gasteiger partial charge on any atom is 0.123 e. The SMILES string of the molecule is Fc1ccc(CCCCCCCCc2ccc(F)cc2)cc1. The average Bonchev–Trinajstić information content (AvgIpc) is 2.53. The average molecular weight is 302 g/mol. The van der Waals surface area contributed by atoms with Crippen LogP contribution in [0.2, 0.25) is 0 Å². The molecule has 0 aliphatic carbocycles. The fraction of sp³-hybridized carbons (Fsp3) is 0.400. The first-order valence-electron chi connectivity index (χ1n) is 8.23. The summed E-state index contributed by atoms with van der Waals surface area (Å²) in [4.78, 5) is 0. The van der Waals surface area contributed by atoms with Gasteiger partial charge in [-0.05, 0) is 61.1 Å². The Morgan fingerprint density at radius 1 is 0.455 bits per heavy atom. The Morgan fingerprint density at radius 3 is 1.14 bits per heavy atom.